The van der Waals surface area contributed by atoms with Crippen LogP contribution in [0, 0.1) is 6.92 Å². The third-order valence-corrected chi connectivity index (χ3v) is 3.20. The number of benzene rings is 1. The second-order valence-corrected chi connectivity index (χ2v) is 4.87. The van der Waals surface area contributed by atoms with E-state index in [-0.39, 0.29) is 0 Å². The van der Waals surface area contributed by atoms with Crippen molar-refractivity contribution in [2.75, 3.05) is 19.8 Å². The van der Waals surface area contributed by atoms with Gasteiger partial charge in [0.2, 0.25) is 0 Å². The minimum absolute atomic E-state index is 0.594. The second kappa shape index (κ2) is 7.30. The van der Waals surface area contributed by atoms with Crippen molar-refractivity contribution in [3.05, 3.63) is 27.7 Å². The molecule has 4 heteroatoms. The summed E-state index contributed by atoms with van der Waals surface area (Å²) in [6.07, 6.45) is 0. The van der Waals surface area contributed by atoms with E-state index in [1.54, 1.807) is 0 Å². The van der Waals surface area contributed by atoms with Crippen LogP contribution in [0.3, 0.4) is 0 Å². The molecule has 0 aliphatic carbocycles. The van der Waals surface area contributed by atoms with Crippen LogP contribution < -0.4 is 4.74 Å². The van der Waals surface area contributed by atoms with Gasteiger partial charge in [0.1, 0.15) is 12.4 Å². The lowest BCUT2D eigenvalue weighted by molar-refractivity contribution is 0.109. The maximum atomic E-state index is 5.74. The van der Waals surface area contributed by atoms with Crippen molar-refractivity contribution in [1.29, 1.82) is 0 Å². The van der Waals surface area contributed by atoms with Gasteiger partial charge in [-0.3, -0.25) is 0 Å². The van der Waals surface area contributed by atoms with E-state index < -0.39 is 0 Å². The maximum Gasteiger partial charge on any atom is 0.126 e. The van der Waals surface area contributed by atoms with E-state index in [9.17, 15) is 0 Å². The Bertz CT molecular complexity index is 340. The Kier molecular flexibility index (Phi) is 6.39. The van der Waals surface area contributed by atoms with Gasteiger partial charge in [-0.2, -0.15) is 0 Å². The van der Waals surface area contributed by atoms with Crippen LogP contribution in [0.1, 0.15) is 18.1 Å². The number of hydrogen-bond acceptors (Lipinski definition) is 2. The number of ether oxygens (including phenoxy) is 2. The quantitative estimate of drug-likeness (QED) is 0.568. The zero-order valence-corrected chi connectivity index (χ0v) is 12.7. The highest BCUT2D eigenvalue weighted by atomic mass is 79.9. The molecule has 16 heavy (non-hydrogen) atoms. The van der Waals surface area contributed by atoms with E-state index >= 15 is 0 Å². The molecule has 0 fully saturated rings. The number of rotatable bonds is 6. The predicted octanol–water partition coefficient (Wildman–Crippen LogP) is 4.07. The fourth-order valence-electron chi connectivity index (χ4n) is 1.45. The molecule has 2 nitrogen and oxygen atoms in total. The Labute approximate surface area is 114 Å². The summed E-state index contributed by atoms with van der Waals surface area (Å²) in [6, 6.07) is 4.12. The van der Waals surface area contributed by atoms with Crippen molar-refractivity contribution < 1.29 is 9.47 Å². The van der Waals surface area contributed by atoms with Gasteiger partial charge in [-0.05, 0) is 31.5 Å². The first-order valence-electron chi connectivity index (χ1n) is 5.24. The van der Waals surface area contributed by atoms with E-state index in [0.29, 0.717) is 13.2 Å². The van der Waals surface area contributed by atoms with Gasteiger partial charge < -0.3 is 9.47 Å². The first-order valence-corrected chi connectivity index (χ1v) is 7.16. The SMILES string of the molecule is CCOCCOc1c(C)cc(Br)cc1CBr. The van der Waals surface area contributed by atoms with Crippen molar-refractivity contribution in [1.82, 2.24) is 0 Å². The monoisotopic (exact) mass is 350 g/mol. The van der Waals surface area contributed by atoms with E-state index in [4.69, 9.17) is 9.47 Å². The molecule has 0 saturated carbocycles. The van der Waals surface area contributed by atoms with Crippen LogP contribution in [0.4, 0.5) is 0 Å². The summed E-state index contributed by atoms with van der Waals surface area (Å²) in [5, 5.41) is 0.789. The molecule has 0 spiro atoms. The molecule has 0 aliphatic rings. The summed E-state index contributed by atoms with van der Waals surface area (Å²) in [5.41, 5.74) is 2.30. The van der Waals surface area contributed by atoms with Crippen molar-refractivity contribution >= 4 is 31.9 Å². The Morgan fingerprint density at radius 1 is 1.25 bits per heavy atom. The lowest BCUT2D eigenvalue weighted by Gasteiger charge is -2.13. The molecule has 1 aromatic carbocycles. The fourth-order valence-corrected chi connectivity index (χ4v) is 2.49. The summed E-state index contributed by atoms with van der Waals surface area (Å²) < 4.78 is 12.1. The predicted molar refractivity (Wildman–Crippen MR) is 73.5 cm³/mol. The van der Waals surface area contributed by atoms with E-state index in [2.05, 4.69) is 44.0 Å². The zero-order valence-electron chi connectivity index (χ0n) is 9.56. The van der Waals surface area contributed by atoms with Gasteiger partial charge in [-0.1, -0.05) is 31.9 Å². The fraction of sp³-hybridized carbons (Fsp3) is 0.500. The minimum atomic E-state index is 0.594. The van der Waals surface area contributed by atoms with Gasteiger partial charge in [0, 0.05) is 22.0 Å². The van der Waals surface area contributed by atoms with Crippen LogP contribution in [0.25, 0.3) is 0 Å². The normalized spacial score (nSPS) is 10.5. The first-order chi connectivity index (χ1) is 7.69. The van der Waals surface area contributed by atoms with E-state index in [0.717, 1.165) is 33.3 Å². The molecular formula is C12H16Br2O2. The molecule has 0 aliphatic heterocycles. The molecule has 0 aromatic heterocycles. The Hall–Kier alpha value is -0.0600. The average Bonchev–Trinajstić information content (AvgIpc) is 2.26. The standard InChI is InChI=1S/C12H16Br2O2/c1-3-15-4-5-16-12-9(2)6-11(14)7-10(12)8-13/h6-7H,3-5,8H2,1-2H3. The molecule has 0 N–H and O–H groups in total. The number of aryl methyl sites for hydroxylation is 1. The van der Waals surface area contributed by atoms with Gasteiger partial charge >= 0.3 is 0 Å². The van der Waals surface area contributed by atoms with Gasteiger partial charge in [0.05, 0.1) is 6.61 Å². The van der Waals surface area contributed by atoms with Crippen LogP contribution in [0.15, 0.2) is 16.6 Å². The van der Waals surface area contributed by atoms with Gasteiger partial charge in [-0.15, -0.1) is 0 Å². The van der Waals surface area contributed by atoms with Crippen molar-refractivity contribution in [3.8, 4) is 5.75 Å². The van der Waals surface area contributed by atoms with E-state index in [1.807, 2.05) is 13.8 Å². The summed E-state index contributed by atoms with van der Waals surface area (Å²) in [7, 11) is 0. The van der Waals surface area contributed by atoms with Crippen LogP contribution in [-0.4, -0.2) is 19.8 Å². The first kappa shape index (κ1) is 14.0. The Morgan fingerprint density at radius 2 is 2.00 bits per heavy atom. The van der Waals surface area contributed by atoms with Crippen molar-refractivity contribution in [3.63, 3.8) is 0 Å². The van der Waals surface area contributed by atoms with Crippen LogP contribution in [0.2, 0.25) is 0 Å². The third-order valence-electron chi connectivity index (χ3n) is 2.14. The Morgan fingerprint density at radius 3 is 2.62 bits per heavy atom. The second-order valence-electron chi connectivity index (χ2n) is 3.39. The largest absolute Gasteiger partial charge is 0.491 e. The molecular weight excluding hydrogens is 336 g/mol. The van der Waals surface area contributed by atoms with Crippen LogP contribution >= 0.6 is 31.9 Å². The molecule has 0 bridgehead atoms. The van der Waals surface area contributed by atoms with Crippen LogP contribution in [0.5, 0.6) is 5.75 Å². The topological polar surface area (TPSA) is 18.5 Å². The molecule has 0 heterocycles. The van der Waals surface area contributed by atoms with Crippen molar-refractivity contribution in [2.45, 2.75) is 19.2 Å². The summed E-state index contributed by atoms with van der Waals surface area (Å²) in [5.74, 6) is 0.958. The maximum absolute atomic E-state index is 5.74. The lowest BCUT2D eigenvalue weighted by atomic mass is 10.1. The van der Waals surface area contributed by atoms with Crippen LogP contribution in [-0.2, 0) is 10.1 Å². The van der Waals surface area contributed by atoms with Crippen molar-refractivity contribution in [2.24, 2.45) is 0 Å². The van der Waals surface area contributed by atoms with E-state index in [1.165, 1.54) is 0 Å². The number of halogens is 2. The molecule has 0 atom stereocenters. The average molecular weight is 352 g/mol. The number of alkyl halides is 1. The zero-order chi connectivity index (χ0) is 12.0. The molecule has 1 rings (SSSR count). The summed E-state index contributed by atoms with van der Waals surface area (Å²) >= 11 is 6.95. The highest BCUT2D eigenvalue weighted by Gasteiger charge is 2.07. The Balaban J connectivity index is 2.70. The van der Waals surface area contributed by atoms with Gasteiger partial charge in [0.15, 0.2) is 0 Å². The molecule has 90 valence electrons. The highest BCUT2D eigenvalue weighted by Crippen LogP contribution is 2.29. The van der Waals surface area contributed by atoms with Gasteiger partial charge in [-0.25, -0.2) is 0 Å². The molecule has 0 radical (unpaired) electrons. The smallest absolute Gasteiger partial charge is 0.126 e. The number of hydrogen-bond donors (Lipinski definition) is 0. The molecule has 0 unspecified atom stereocenters. The molecule has 0 saturated heterocycles. The third kappa shape index (κ3) is 4.07. The minimum Gasteiger partial charge on any atom is -0.491 e. The summed E-state index contributed by atoms with van der Waals surface area (Å²) in [6.45, 7) is 5.99. The highest BCUT2D eigenvalue weighted by molar-refractivity contribution is 9.10. The lowest BCUT2D eigenvalue weighted by Crippen LogP contribution is -2.08. The van der Waals surface area contributed by atoms with Gasteiger partial charge in [0.25, 0.3) is 0 Å². The summed E-state index contributed by atoms with van der Waals surface area (Å²) in [4.78, 5) is 0. The molecule has 1 aromatic rings. The molecule has 0 amide bonds.